The minimum absolute atomic E-state index is 0.124. The predicted molar refractivity (Wildman–Crippen MR) is 77.1 cm³/mol. The third-order valence-corrected chi connectivity index (χ3v) is 4.26. The van der Waals surface area contributed by atoms with Gasteiger partial charge in [-0.3, -0.25) is 4.79 Å². The first-order valence-corrected chi connectivity index (χ1v) is 7.04. The first kappa shape index (κ1) is 13.8. The van der Waals surface area contributed by atoms with Crippen molar-refractivity contribution in [1.29, 1.82) is 0 Å². The zero-order chi connectivity index (χ0) is 15.0. The Morgan fingerprint density at radius 3 is 2.76 bits per heavy atom. The lowest BCUT2D eigenvalue weighted by molar-refractivity contribution is -0.152. The first-order valence-electron chi connectivity index (χ1n) is 7.04. The number of carbonyl (C=O) groups is 1. The third kappa shape index (κ3) is 2.32. The number of rotatable bonds is 2. The van der Waals surface area contributed by atoms with Gasteiger partial charge in [-0.05, 0) is 32.8 Å². The maximum absolute atomic E-state index is 11.9. The normalized spacial score (nSPS) is 18.0. The Hall–Kier alpha value is -2.18. The molecule has 21 heavy (non-hydrogen) atoms. The van der Waals surface area contributed by atoms with E-state index in [-0.39, 0.29) is 5.97 Å². The largest absolute Gasteiger partial charge is 0.469 e. The summed E-state index contributed by atoms with van der Waals surface area (Å²) < 4.78 is 6.61. The van der Waals surface area contributed by atoms with E-state index in [4.69, 9.17) is 4.74 Å². The van der Waals surface area contributed by atoms with E-state index in [9.17, 15) is 4.79 Å². The van der Waals surface area contributed by atoms with Gasteiger partial charge in [0.15, 0.2) is 0 Å². The van der Waals surface area contributed by atoms with Crippen LogP contribution < -0.4 is 4.90 Å². The van der Waals surface area contributed by atoms with Gasteiger partial charge in [0.05, 0.1) is 23.9 Å². The fourth-order valence-electron chi connectivity index (χ4n) is 2.86. The highest BCUT2D eigenvalue weighted by atomic mass is 16.5. The van der Waals surface area contributed by atoms with Gasteiger partial charge in [-0.15, -0.1) is 10.2 Å². The second kappa shape index (κ2) is 4.98. The highest BCUT2D eigenvalue weighted by Gasteiger charge is 2.38. The summed E-state index contributed by atoms with van der Waals surface area (Å²) in [6.07, 6.45) is 3.14. The molecule has 0 saturated carbocycles. The van der Waals surface area contributed by atoms with Gasteiger partial charge in [0, 0.05) is 13.1 Å². The molecule has 0 bridgehead atoms. The summed E-state index contributed by atoms with van der Waals surface area (Å²) in [4.78, 5) is 14.1. The molecule has 1 saturated heterocycles. The zero-order valence-corrected chi connectivity index (χ0v) is 12.5. The fraction of sp³-hybridized carbons (Fsp3) is 0.571. The number of fused-ring (bicyclic) bond motifs is 1. The predicted octanol–water partition coefficient (Wildman–Crippen LogP) is 1.21. The van der Waals surface area contributed by atoms with Crippen molar-refractivity contribution in [2.45, 2.75) is 26.7 Å². The Morgan fingerprint density at radius 2 is 2.10 bits per heavy atom. The van der Waals surface area contributed by atoms with E-state index in [0.29, 0.717) is 0 Å². The molecule has 2 aromatic rings. The number of hydrogen-bond donors (Lipinski definition) is 0. The van der Waals surface area contributed by atoms with Crippen LogP contribution in [0.3, 0.4) is 0 Å². The van der Waals surface area contributed by atoms with E-state index in [2.05, 4.69) is 20.2 Å². The minimum atomic E-state index is -0.392. The van der Waals surface area contributed by atoms with Crippen LogP contribution in [0.5, 0.6) is 0 Å². The van der Waals surface area contributed by atoms with Gasteiger partial charge in [0.1, 0.15) is 6.33 Å². The molecule has 3 rings (SSSR count). The Balaban J connectivity index is 1.86. The highest BCUT2D eigenvalue weighted by molar-refractivity contribution is 5.77. The molecule has 1 aliphatic rings. The summed E-state index contributed by atoms with van der Waals surface area (Å²) in [5.74, 6) is -0.124. The van der Waals surface area contributed by atoms with Crippen LogP contribution in [0.2, 0.25) is 0 Å². The van der Waals surface area contributed by atoms with Gasteiger partial charge >= 0.3 is 5.97 Å². The summed E-state index contributed by atoms with van der Waals surface area (Å²) in [7, 11) is 1.45. The van der Waals surface area contributed by atoms with Gasteiger partial charge in [-0.1, -0.05) is 0 Å². The van der Waals surface area contributed by atoms with Gasteiger partial charge < -0.3 is 9.64 Å². The molecular weight excluding hydrogens is 270 g/mol. The molecule has 0 atom stereocenters. The van der Waals surface area contributed by atoms with Crippen molar-refractivity contribution >= 4 is 17.3 Å². The van der Waals surface area contributed by atoms with E-state index >= 15 is 0 Å². The van der Waals surface area contributed by atoms with Crippen molar-refractivity contribution in [2.75, 3.05) is 25.1 Å². The summed E-state index contributed by atoms with van der Waals surface area (Å²) in [5.41, 5.74) is 2.30. The van der Waals surface area contributed by atoms with Crippen molar-refractivity contribution < 1.29 is 9.53 Å². The topological polar surface area (TPSA) is 72.6 Å². The molecule has 0 aliphatic carbocycles. The van der Waals surface area contributed by atoms with E-state index in [1.807, 2.05) is 19.9 Å². The molecule has 7 nitrogen and oxygen atoms in total. The number of anilines is 1. The quantitative estimate of drug-likeness (QED) is 0.774. The number of piperidine rings is 1. The number of esters is 1. The monoisotopic (exact) mass is 289 g/mol. The van der Waals surface area contributed by atoms with E-state index in [1.54, 1.807) is 10.8 Å². The van der Waals surface area contributed by atoms with Crippen LogP contribution in [0, 0.1) is 12.3 Å². The number of aryl methyl sites for hydroxylation is 1. The Kier molecular flexibility index (Phi) is 3.27. The summed E-state index contributed by atoms with van der Waals surface area (Å²) in [6, 6.07) is 2.02. The molecule has 0 amide bonds. The Morgan fingerprint density at radius 1 is 1.38 bits per heavy atom. The SMILES string of the molecule is COC(=O)C1(C)CCN(c2cc(C)nn3cnnc23)CC1. The average Bonchev–Trinajstić information content (AvgIpc) is 2.94. The van der Waals surface area contributed by atoms with Crippen molar-refractivity contribution in [3.8, 4) is 0 Å². The zero-order valence-electron chi connectivity index (χ0n) is 12.5. The molecule has 1 aliphatic heterocycles. The van der Waals surface area contributed by atoms with Crippen molar-refractivity contribution in [3.63, 3.8) is 0 Å². The van der Waals surface area contributed by atoms with E-state index in [1.165, 1.54) is 7.11 Å². The third-order valence-electron chi connectivity index (χ3n) is 4.26. The lowest BCUT2D eigenvalue weighted by atomic mass is 9.80. The van der Waals surface area contributed by atoms with E-state index in [0.717, 1.165) is 43.0 Å². The van der Waals surface area contributed by atoms with Crippen LogP contribution >= 0.6 is 0 Å². The van der Waals surface area contributed by atoms with Crippen LogP contribution in [-0.4, -0.2) is 46.0 Å². The highest BCUT2D eigenvalue weighted by Crippen LogP contribution is 2.35. The number of methoxy groups -OCH3 is 1. The van der Waals surface area contributed by atoms with Gasteiger partial charge in [0.2, 0.25) is 5.65 Å². The molecule has 0 radical (unpaired) electrons. The van der Waals surface area contributed by atoms with Crippen molar-refractivity contribution in [3.05, 3.63) is 18.1 Å². The smallest absolute Gasteiger partial charge is 0.311 e. The summed E-state index contributed by atoms with van der Waals surface area (Å²) in [6.45, 7) is 5.50. The number of ether oxygens (including phenoxy) is 1. The first-order chi connectivity index (χ1) is 10.0. The van der Waals surface area contributed by atoms with Gasteiger partial charge in [0.25, 0.3) is 0 Å². The van der Waals surface area contributed by atoms with Crippen LogP contribution in [0.1, 0.15) is 25.5 Å². The molecule has 0 spiro atoms. The average molecular weight is 289 g/mol. The van der Waals surface area contributed by atoms with Crippen LogP contribution in [-0.2, 0) is 9.53 Å². The van der Waals surface area contributed by atoms with Crippen LogP contribution in [0.25, 0.3) is 5.65 Å². The minimum Gasteiger partial charge on any atom is -0.469 e. The Labute approximate surface area is 122 Å². The summed E-state index contributed by atoms with van der Waals surface area (Å²) in [5, 5.41) is 12.4. The number of hydrogen-bond acceptors (Lipinski definition) is 6. The maximum Gasteiger partial charge on any atom is 0.311 e. The second-order valence-electron chi connectivity index (χ2n) is 5.81. The molecule has 3 heterocycles. The number of aromatic nitrogens is 4. The van der Waals surface area contributed by atoms with Gasteiger partial charge in [-0.2, -0.15) is 9.61 Å². The Bertz CT molecular complexity index is 673. The fourth-order valence-corrected chi connectivity index (χ4v) is 2.86. The standard InChI is InChI=1S/C14H19N5O2/c1-10-8-11(12-16-15-9-19(12)17-10)18-6-4-14(2,5-7-18)13(20)21-3/h8-9H,4-7H2,1-3H3. The number of carbonyl (C=O) groups excluding carboxylic acids is 1. The molecule has 0 unspecified atom stereocenters. The maximum atomic E-state index is 11.9. The molecule has 2 aromatic heterocycles. The summed E-state index contributed by atoms with van der Waals surface area (Å²) >= 11 is 0. The van der Waals surface area contributed by atoms with Crippen molar-refractivity contribution in [1.82, 2.24) is 19.8 Å². The molecule has 1 fully saturated rings. The number of nitrogens with zero attached hydrogens (tertiary/aromatic N) is 5. The molecule has 7 heteroatoms. The lowest BCUT2D eigenvalue weighted by Crippen LogP contribution is -2.43. The molecule has 112 valence electrons. The van der Waals surface area contributed by atoms with Crippen LogP contribution in [0.4, 0.5) is 5.69 Å². The van der Waals surface area contributed by atoms with E-state index < -0.39 is 5.41 Å². The molecule has 0 N–H and O–H groups in total. The second-order valence-corrected chi connectivity index (χ2v) is 5.81. The van der Waals surface area contributed by atoms with Crippen LogP contribution in [0.15, 0.2) is 12.4 Å². The van der Waals surface area contributed by atoms with Crippen molar-refractivity contribution in [2.24, 2.45) is 5.41 Å². The lowest BCUT2D eigenvalue weighted by Gasteiger charge is -2.38. The van der Waals surface area contributed by atoms with Gasteiger partial charge in [-0.25, -0.2) is 0 Å². The molecule has 0 aromatic carbocycles. The molecular formula is C14H19N5O2.